The third kappa shape index (κ3) is 0.911. The van der Waals surface area contributed by atoms with Crippen LogP contribution in [-0.4, -0.2) is 15.1 Å². The maximum atomic E-state index is 9.07. The van der Waals surface area contributed by atoms with Gasteiger partial charge in [-0.25, -0.2) is 0 Å². The van der Waals surface area contributed by atoms with Crippen molar-refractivity contribution in [1.29, 1.82) is 0 Å². The van der Waals surface area contributed by atoms with Gasteiger partial charge >= 0.3 is 5.82 Å². The van der Waals surface area contributed by atoms with Gasteiger partial charge in [-0.05, 0) is 9.46 Å². The Hall–Kier alpha value is -0.230. The Morgan fingerprint density at radius 1 is 1.50 bits per heavy atom. The fraction of sp³-hybridized carbons (Fsp3) is 0.250. The first-order valence-electron chi connectivity index (χ1n) is 2.42. The first kappa shape index (κ1) is 7.87. The van der Waals surface area contributed by atoms with E-state index in [9.17, 15) is 0 Å². The Morgan fingerprint density at radius 3 is 2.10 bits per heavy atom. The number of aromatic nitrogens is 2. The van der Waals surface area contributed by atoms with Crippen LogP contribution in [0, 0.1) is 6.92 Å². The van der Waals surface area contributed by atoms with Gasteiger partial charge in [-0.3, -0.25) is 0 Å². The molecule has 0 aliphatic heterocycles. The Labute approximate surface area is 73.9 Å². The molecule has 56 valence electrons. The number of halogens is 2. The predicted molar refractivity (Wildman–Crippen MR) is 39.1 cm³/mol. The minimum Gasteiger partial charge on any atom is -0.349 e. The standard InChI is InChI=1S/C4H5Br2N2O2/c1-2-7(9)3(5)4(6)8(2)10/h9-10H,1H3/q+1. The lowest BCUT2D eigenvalue weighted by Gasteiger charge is -1.82. The van der Waals surface area contributed by atoms with Crippen LogP contribution in [0.3, 0.4) is 0 Å². The van der Waals surface area contributed by atoms with E-state index in [-0.39, 0.29) is 0 Å². The van der Waals surface area contributed by atoms with Gasteiger partial charge in [-0.2, -0.15) is 0 Å². The average Bonchev–Trinajstić information content (AvgIpc) is 2.07. The molecule has 4 nitrogen and oxygen atoms in total. The summed E-state index contributed by atoms with van der Waals surface area (Å²) < 4.78 is 2.41. The van der Waals surface area contributed by atoms with E-state index in [1.807, 2.05) is 0 Å². The van der Waals surface area contributed by atoms with Crippen molar-refractivity contribution in [3.8, 4) is 0 Å². The van der Waals surface area contributed by atoms with Crippen molar-refractivity contribution in [3.63, 3.8) is 0 Å². The van der Waals surface area contributed by atoms with Crippen molar-refractivity contribution in [2.24, 2.45) is 0 Å². The smallest absolute Gasteiger partial charge is 0.334 e. The molecular formula is C4H5Br2N2O2+. The Morgan fingerprint density at radius 2 is 2.00 bits per heavy atom. The molecule has 1 heterocycles. The number of rotatable bonds is 0. The molecule has 0 aliphatic rings. The SMILES string of the molecule is Cc1n(O)c(Br)c(Br)[n+]1O. The number of imidazole rings is 1. The molecule has 0 aromatic carbocycles. The van der Waals surface area contributed by atoms with E-state index >= 15 is 0 Å². The molecule has 0 unspecified atom stereocenters. The van der Waals surface area contributed by atoms with Crippen molar-refractivity contribution in [1.82, 2.24) is 4.73 Å². The highest BCUT2D eigenvalue weighted by Gasteiger charge is 2.24. The summed E-state index contributed by atoms with van der Waals surface area (Å²) in [5.41, 5.74) is 0. The van der Waals surface area contributed by atoms with Gasteiger partial charge in [0.1, 0.15) is 0 Å². The highest BCUT2D eigenvalue weighted by atomic mass is 79.9. The van der Waals surface area contributed by atoms with Gasteiger partial charge in [0.2, 0.25) is 0 Å². The number of hydrogen-bond acceptors (Lipinski definition) is 2. The topological polar surface area (TPSA) is 49.3 Å². The van der Waals surface area contributed by atoms with Crippen LogP contribution in [-0.2, 0) is 0 Å². The highest BCUT2D eigenvalue weighted by molar-refractivity contribution is 9.13. The van der Waals surface area contributed by atoms with E-state index in [1.165, 1.54) is 0 Å². The number of nitrogens with zero attached hydrogens (tertiary/aromatic N) is 2. The molecule has 0 amide bonds. The molecule has 0 radical (unpaired) electrons. The van der Waals surface area contributed by atoms with Crippen molar-refractivity contribution in [2.75, 3.05) is 0 Å². The van der Waals surface area contributed by atoms with Gasteiger partial charge in [0.05, 0.1) is 0 Å². The quantitative estimate of drug-likeness (QED) is 0.549. The van der Waals surface area contributed by atoms with Gasteiger partial charge in [-0.1, -0.05) is 0 Å². The number of hydrogen-bond donors (Lipinski definition) is 2. The molecule has 0 atom stereocenters. The van der Waals surface area contributed by atoms with Crippen LogP contribution in [0.25, 0.3) is 0 Å². The molecule has 1 aromatic rings. The van der Waals surface area contributed by atoms with Crippen LogP contribution in [0.2, 0.25) is 0 Å². The van der Waals surface area contributed by atoms with Gasteiger partial charge in [0, 0.05) is 38.8 Å². The molecule has 0 aliphatic carbocycles. The molecule has 1 aromatic heterocycles. The van der Waals surface area contributed by atoms with E-state index in [1.54, 1.807) is 6.92 Å². The second kappa shape index (κ2) is 2.43. The summed E-state index contributed by atoms with van der Waals surface area (Å²) in [6.45, 7) is 1.56. The zero-order chi connectivity index (χ0) is 7.89. The Kier molecular flexibility index (Phi) is 1.91. The van der Waals surface area contributed by atoms with Crippen LogP contribution in [0.5, 0.6) is 0 Å². The summed E-state index contributed by atoms with van der Waals surface area (Å²) in [5, 5.41) is 18.1. The van der Waals surface area contributed by atoms with Gasteiger partial charge in [-0.15, -0.1) is 0 Å². The molecule has 1 rings (SSSR count). The molecule has 0 saturated heterocycles. The zero-order valence-corrected chi connectivity index (χ0v) is 8.22. The van der Waals surface area contributed by atoms with Crippen molar-refractivity contribution < 1.29 is 15.1 Å². The van der Waals surface area contributed by atoms with Crippen molar-refractivity contribution in [2.45, 2.75) is 6.92 Å². The Balaban J connectivity index is 3.44. The third-order valence-corrected chi connectivity index (χ3v) is 3.11. The third-order valence-electron chi connectivity index (χ3n) is 1.16. The average molecular weight is 273 g/mol. The molecule has 10 heavy (non-hydrogen) atoms. The van der Waals surface area contributed by atoms with Crippen LogP contribution in [0.15, 0.2) is 9.21 Å². The maximum Gasteiger partial charge on any atom is 0.334 e. The molecule has 0 saturated carbocycles. The molecular weight excluding hydrogens is 268 g/mol. The van der Waals surface area contributed by atoms with Crippen LogP contribution in [0.1, 0.15) is 5.82 Å². The van der Waals surface area contributed by atoms with Crippen LogP contribution in [0.4, 0.5) is 0 Å². The van der Waals surface area contributed by atoms with Gasteiger partial charge < -0.3 is 10.4 Å². The highest BCUT2D eigenvalue weighted by Crippen LogP contribution is 2.19. The first-order valence-corrected chi connectivity index (χ1v) is 4.01. The summed E-state index contributed by atoms with van der Waals surface area (Å²) in [5.74, 6) is 0.318. The van der Waals surface area contributed by atoms with Crippen LogP contribution < -0.4 is 4.73 Å². The minimum atomic E-state index is 0.318. The lowest BCUT2D eigenvalue weighted by molar-refractivity contribution is -0.917. The van der Waals surface area contributed by atoms with Crippen molar-refractivity contribution in [3.05, 3.63) is 15.0 Å². The maximum absolute atomic E-state index is 9.07. The molecule has 0 bridgehead atoms. The Bertz CT molecular complexity index is 190. The summed E-state index contributed by atoms with van der Waals surface area (Å²) >= 11 is 6.07. The van der Waals surface area contributed by atoms with E-state index in [0.717, 1.165) is 9.46 Å². The summed E-state index contributed by atoms with van der Waals surface area (Å²) in [6, 6.07) is 0. The lowest BCUT2D eigenvalue weighted by atomic mass is 10.7. The largest absolute Gasteiger partial charge is 0.349 e. The summed E-state index contributed by atoms with van der Waals surface area (Å²) in [6.07, 6.45) is 0. The van der Waals surface area contributed by atoms with Crippen LogP contribution >= 0.6 is 31.9 Å². The second-order valence-electron chi connectivity index (χ2n) is 1.75. The molecule has 2 N–H and O–H groups in total. The summed E-state index contributed by atoms with van der Waals surface area (Å²) in [4.78, 5) is 0. The van der Waals surface area contributed by atoms with Gasteiger partial charge in [0.15, 0.2) is 0 Å². The molecule has 0 fully saturated rings. The molecule has 6 heteroatoms. The molecule has 0 spiro atoms. The van der Waals surface area contributed by atoms with E-state index < -0.39 is 0 Å². The normalized spacial score (nSPS) is 10.3. The monoisotopic (exact) mass is 271 g/mol. The van der Waals surface area contributed by atoms with E-state index in [2.05, 4.69) is 31.9 Å². The minimum absolute atomic E-state index is 0.318. The fourth-order valence-electron chi connectivity index (χ4n) is 0.549. The summed E-state index contributed by atoms with van der Waals surface area (Å²) in [7, 11) is 0. The first-order chi connectivity index (χ1) is 4.55. The van der Waals surface area contributed by atoms with E-state index in [4.69, 9.17) is 10.4 Å². The fourth-order valence-corrected chi connectivity index (χ4v) is 1.40. The van der Waals surface area contributed by atoms with E-state index in [0.29, 0.717) is 15.0 Å². The lowest BCUT2D eigenvalue weighted by Crippen LogP contribution is -2.33. The zero-order valence-electron chi connectivity index (χ0n) is 5.04. The van der Waals surface area contributed by atoms with Gasteiger partial charge in [0.25, 0.3) is 9.21 Å². The van der Waals surface area contributed by atoms with Crippen molar-refractivity contribution >= 4 is 31.9 Å². The predicted octanol–water partition coefficient (Wildman–Crippen LogP) is 1.08. The second-order valence-corrected chi connectivity index (χ2v) is 3.25.